The van der Waals surface area contributed by atoms with Crippen LogP contribution in [0, 0.1) is 0 Å². The van der Waals surface area contributed by atoms with E-state index >= 15 is 0 Å². The van der Waals surface area contributed by atoms with E-state index in [1.165, 1.54) is 23.1 Å². The fourth-order valence-corrected chi connectivity index (χ4v) is 5.48. The van der Waals surface area contributed by atoms with Crippen LogP contribution in [0.5, 0.6) is 0 Å². The number of carbonyl (C=O) groups is 2. The molecule has 0 aliphatic carbocycles. The predicted molar refractivity (Wildman–Crippen MR) is 163 cm³/mol. The third-order valence-electron chi connectivity index (χ3n) is 5.91. The highest BCUT2D eigenvalue weighted by molar-refractivity contribution is 7.92. The Bertz CT molecular complexity index is 1470. The second-order valence-corrected chi connectivity index (χ2v) is 13.0. The zero-order valence-corrected chi connectivity index (χ0v) is 25.9. The Hall–Kier alpha value is -2.49. The van der Waals surface area contributed by atoms with Crippen molar-refractivity contribution in [3.05, 3.63) is 97.9 Å². The molecular formula is C28H29Cl4N3O4S. The molecule has 0 heterocycles. The molecule has 0 unspecified atom stereocenters. The summed E-state index contributed by atoms with van der Waals surface area (Å²) < 4.78 is 26.6. The number of halogens is 4. The van der Waals surface area contributed by atoms with E-state index in [2.05, 4.69) is 5.32 Å². The van der Waals surface area contributed by atoms with E-state index < -0.39 is 28.5 Å². The zero-order valence-electron chi connectivity index (χ0n) is 22.1. The Morgan fingerprint density at radius 3 is 1.98 bits per heavy atom. The van der Waals surface area contributed by atoms with E-state index in [9.17, 15) is 18.0 Å². The minimum atomic E-state index is -3.94. The standard InChI is InChI=1S/C28H29Cl4N3O4S/c1-18(2)33-28(37)26(14-19-7-5-4-6-8-19)34(16-20-9-11-22(29)24(31)13-20)27(36)17-35(40(3,38)39)21-10-12-23(30)25(32)15-21/h4-13,15,18,26H,14,16-17H2,1-3H3,(H,33,37)/t26-/m1/s1. The molecule has 0 radical (unpaired) electrons. The second kappa shape index (κ2) is 13.9. The van der Waals surface area contributed by atoms with Crippen molar-refractivity contribution in [1.29, 1.82) is 0 Å². The minimum absolute atomic E-state index is 0.0300. The lowest BCUT2D eigenvalue weighted by atomic mass is 10.0. The summed E-state index contributed by atoms with van der Waals surface area (Å²) in [5.41, 5.74) is 1.59. The van der Waals surface area contributed by atoms with E-state index in [4.69, 9.17) is 46.4 Å². The van der Waals surface area contributed by atoms with Crippen LogP contribution in [0.2, 0.25) is 20.1 Å². The van der Waals surface area contributed by atoms with E-state index in [-0.39, 0.29) is 45.7 Å². The van der Waals surface area contributed by atoms with Crippen molar-refractivity contribution < 1.29 is 18.0 Å². The lowest BCUT2D eigenvalue weighted by molar-refractivity contribution is -0.140. The maximum absolute atomic E-state index is 14.0. The zero-order chi connectivity index (χ0) is 29.6. The summed E-state index contributed by atoms with van der Waals surface area (Å²) in [6.45, 7) is 3.02. The van der Waals surface area contributed by atoms with Gasteiger partial charge in [-0.3, -0.25) is 13.9 Å². The van der Waals surface area contributed by atoms with Crippen LogP contribution in [0.25, 0.3) is 0 Å². The molecule has 0 aliphatic rings. The number of hydrogen-bond acceptors (Lipinski definition) is 4. The molecule has 214 valence electrons. The number of benzene rings is 3. The molecule has 0 spiro atoms. The summed E-state index contributed by atoms with van der Waals surface area (Å²) in [5, 5.41) is 3.88. The van der Waals surface area contributed by atoms with E-state index in [1.807, 2.05) is 44.2 Å². The molecule has 40 heavy (non-hydrogen) atoms. The SMILES string of the molecule is CC(C)NC(=O)[C@@H](Cc1ccccc1)N(Cc1ccc(Cl)c(Cl)c1)C(=O)CN(c1ccc(Cl)c(Cl)c1)S(C)(=O)=O. The van der Waals surface area contributed by atoms with Crippen molar-refractivity contribution >= 4 is 73.9 Å². The molecule has 1 atom stereocenters. The van der Waals surface area contributed by atoms with Gasteiger partial charge in [0.25, 0.3) is 0 Å². The molecule has 3 aromatic carbocycles. The highest BCUT2D eigenvalue weighted by Crippen LogP contribution is 2.29. The summed E-state index contributed by atoms with van der Waals surface area (Å²) in [6.07, 6.45) is 1.18. The minimum Gasteiger partial charge on any atom is -0.352 e. The Kier molecular flexibility index (Phi) is 11.1. The average Bonchev–Trinajstić information content (AvgIpc) is 2.88. The molecule has 0 bridgehead atoms. The van der Waals surface area contributed by atoms with Gasteiger partial charge in [0.15, 0.2) is 0 Å². The molecule has 3 rings (SSSR count). The maximum Gasteiger partial charge on any atom is 0.244 e. The molecule has 0 aliphatic heterocycles. The number of nitrogens with zero attached hydrogens (tertiary/aromatic N) is 2. The molecule has 0 fully saturated rings. The van der Waals surface area contributed by atoms with E-state index in [1.54, 1.807) is 18.2 Å². The van der Waals surface area contributed by atoms with Crippen LogP contribution in [-0.4, -0.2) is 50.0 Å². The highest BCUT2D eigenvalue weighted by Gasteiger charge is 2.33. The van der Waals surface area contributed by atoms with Gasteiger partial charge in [0.2, 0.25) is 21.8 Å². The number of rotatable bonds is 11. The molecule has 3 aromatic rings. The second-order valence-electron chi connectivity index (χ2n) is 9.51. The third kappa shape index (κ3) is 8.75. The predicted octanol–water partition coefficient (Wildman–Crippen LogP) is 6.23. The van der Waals surface area contributed by atoms with Gasteiger partial charge in [0.1, 0.15) is 12.6 Å². The Balaban J connectivity index is 2.08. The van der Waals surface area contributed by atoms with Gasteiger partial charge in [0, 0.05) is 19.0 Å². The summed E-state index contributed by atoms with van der Waals surface area (Å²) in [7, 11) is -3.94. The first-order valence-electron chi connectivity index (χ1n) is 12.3. The van der Waals surface area contributed by atoms with Crippen LogP contribution < -0.4 is 9.62 Å². The molecule has 7 nitrogen and oxygen atoms in total. The first-order valence-corrected chi connectivity index (χ1v) is 15.6. The number of amides is 2. The van der Waals surface area contributed by atoms with Crippen molar-refractivity contribution in [2.24, 2.45) is 0 Å². The lowest BCUT2D eigenvalue weighted by Crippen LogP contribution is -2.54. The van der Waals surface area contributed by atoms with Gasteiger partial charge < -0.3 is 10.2 Å². The van der Waals surface area contributed by atoms with Gasteiger partial charge >= 0.3 is 0 Å². The van der Waals surface area contributed by atoms with Gasteiger partial charge in [-0.25, -0.2) is 8.42 Å². The number of nitrogens with one attached hydrogen (secondary N) is 1. The first kappa shape index (κ1) is 32.0. The van der Waals surface area contributed by atoms with Gasteiger partial charge in [0.05, 0.1) is 32.0 Å². The van der Waals surface area contributed by atoms with Crippen LogP contribution in [0.4, 0.5) is 5.69 Å². The summed E-state index contributed by atoms with van der Waals surface area (Å²) in [5.74, 6) is -0.991. The Labute approximate surface area is 255 Å². The Morgan fingerprint density at radius 2 is 1.43 bits per heavy atom. The summed E-state index contributed by atoms with van der Waals surface area (Å²) in [6, 6.07) is 17.3. The van der Waals surface area contributed by atoms with E-state index in [0.29, 0.717) is 10.6 Å². The summed E-state index contributed by atoms with van der Waals surface area (Å²) >= 11 is 24.5. The quantitative estimate of drug-likeness (QED) is 0.268. The molecule has 1 N–H and O–H groups in total. The largest absolute Gasteiger partial charge is 0.352 e. The fourth-order valence-electron chi connectivity index (χ4n) is 4.02. The van der Waals surface area contributed by atoms with Crippen molar-refractivity contribution in [3.8, 4) is 0 Å². The van der Waals surface area contributed by atoms with Crippen molar-refractivity contribution in [2.75, 3.05) is 17.1 Å². The smallest absolute Gasteiger partial charge is 0.244 e. The van der Waals surface area contributed by atoms with E-state index in [0.717, 1.165) is 16.1 Å². The molecule has 0 saturated heterocycles. The number of anilines is 1. The van der Waals surface area contributed by atoms with Crippen molar-refractivity contribution in [3.63, 3.8) is 0 Å². The van der Waals surface area contributed by atoms with Gasteiger partial charge in [-0.15, -0.1) is 0 Å². The van der Waals surface area contributed by atoms with Gasteiger partial charge in [-0.2, -0.15) is 0 Å². The monoisotopic (exact) mass is 643 g/mol. The number of sulfonamides is 1. The first-order chi connectivity index (χ1) is 18.8. The average molecular weight is 645 g/mol. The fraction of sp³-hybridized carbons (Fsp3) is 0.286. The normalized spacial score (nSPS) is 12.2. The highest BCUT2D eigenvalue weighted by atomic mass is 35.5. The molecule has 0 saturated carbocycles. The third-order valence-corrected chi connectivity index (χ3v) is 8.53. The van der Waals surface area contributed by atoms with Crippen molar-refractivity contribution in [1.82, 2.24) is 10.2 Å². The Morgan fingerprint density at radius 1 is 0.825 bits per heavy atom. The van der Waals surface area contributed by atoms with Crippen LogP contribution >= 0.6 is 46.4 Å². The van der Waals surface area contributed by atoms with Gasteiger partial charge in [-0.1, -0.05) is 82.8 Å². The van der Waals surface area contributed by atoms with Crippen LogP contribution in [0.3, 0.4) is 0 Å². The van der Waals surface area contributed by atoms with Crippen LogP contribution in [0.15, 0.2) is 66.7 Å². The maximum atomic E-state index is 14.0. The van der Waals surface area contributed by atoms with Gasteiger partial charge in [-0.05, 0) is 55.3 Å². The summed E-state index contributed by atoms with van der Waals surface area (Å²) in [4.78, 5) is 28.9. The number of hydrogen-bond donors (Lipinski definition) is 1. The van der Waals surface area contributed by atoms with Crippen LogP contribution in [0.1, 0.15) is 25.0 Å². The molecule has 12 heteroatoms. The lowest BCUT2D eigenvalue weighted by Gasteiger charge is -2.34. The topological polar surface area (TPSA) is 86.8 Å². The van der Waals surface area contributed by atoms with Crippen LogP contribution in [-0.2, 0) is 32.6 Å². The number of carbonyl (C=O) groups excluding carboxylic acids is 2. The molecule has 2 amide bonds. The molecule has 0 aromatic heterocycles. The molecular weight excluding hydrogens is 616 g/mol. The van der Waals surface area contributed by atoms with Crippen molar-refractivity contribution in [2.45, 2.75) is 38.9 Å².